The Morgan fingerprint density at radius 3 is 2.11 bits per heavy atom. The molecule has 28 heavy (non-hydrogen) atoms. The smallest absolute Gasteiger partial charge is 0.271 e. The maximum Gasteiger partial charge on any atom is 0.271 e. The Kier molecular flexibility index (Phi) is 5.56. The third-order valence-corrected chi connectivity index (χ3v) is 5.59. The first-order chi connectivity index (χ1) is 13.4. The number of nitrogens with zero attached hydrogens (tertiary/aromatic N) is 1. The first-order valence-electron chi connectivity index (χ1n) is 8.25. The molecule has 7 heteroatoms. The molecule has 0 aliphatic carbocycles. The Hall–Kier alpha value is -3.45. The average Bonchev–Trinajstić information content (AvgIpc) is 2.70. The Bertz CT molecular complexity index is 1090. The molecule has 0 unspecified atom stereocenters. The van der Waals surface area contributed by atoms with Crippen molar-refractivity contribution in [1.82, 2.24) is 0 Å². The van der Waals surface area contributed by atoms with Crippen LogP contribution in [0.25, 0.3) is 6.08 Å². The van der Waals surface area contributed by atoms with Crippen molar-refractivity contribution in [3.63, 3.8) is 0 Å². The van der Waals surface area contributed by atoms with Gasteiger partial charge in [0.1, 0.15) is 11.6 Å². The number of carbonyl (C=O) groups is 1. The molecule has 3 aromatic carbocycles. The van der Waals surface area contributed by atoms with E-state index in [9.17, 15) is 22.7 Å². The Balaban J connectivity index is 2.02. The van der Waals surface area contributed by atoms with Crippen LogP contribution < -0.4 is 4.31 Å². The molecule has 142 valence electrons. The molecule has 0 fully saturated rings. The minimum atomic E-state index is -4.19. The number of anilines is 1. The topological polar surface area (TPSA) is 74.7 Å². The van der Waals surface area contributed by atoms with Gasteiger partial charge in [0.05, 0.1) is 10.6 Å². The summed E-state index contributed by atoms with van der Waals surface area (Å²) in [6.07, 6.45) is 2.50. The molecule has 1 amide bonds. The van der Waals surface area contributed by atoms with E-state index in [0.29, 0.717) is 9.87 Å². The van der Waals surface area contributed by atoms with Crippen molar-refractivity contribution in [3.8, 4) is 5.75 Å². The highest BCUT2D eigenvalue weighted by atomic mass is 32.2. The lowest BCUT2D eigenvalue weighted by atomic mass is 10.2. The molecular formula is C21H16FNO4S. The van der Waals surface area contributed by atoms with Crippen LogP contribution >= 0.6 is 0 Å². The molecular weight excluding hydrogens is 381 g/mol. The van der Waals surface area contributed by atoms with Gasteiger partial charge in [-0.2, -0.15) is 4.31 Å². The molecule has 3 aromatic rings. The number of amides is 1. The second-order valence-electron chi connectivity index (χ2n) is 5.82. The summed E-state index contributed by atoms with van der Waals surface area (Å²) < 4.78 is 39.8. The summed E-state index contributed by atoms with van der Waals surface area (Å²) >= 11 is 0. The lowest BCUT2D eigenvalue weighted by Gasteiger charge is -2.21. The number of phenolic OH excluding ortho intramolecular Hbond substituents is 1. The molecule has 0 spiro atoms. The van der Waals surface area contributed by atoms with Crippen LogP contribution in [0, 0.1) is 5.82 Å². The van der Waals surface area contributed by atoms with E-state index in [1.807, 2.05) is 0 Å². The predicted molar refractivity (Wildman–Crippen MR) is 105 cm³/mol. The fraction of sp³-hybridized carbons (Fsp3) is 0. The minimum absolute atomic E-state index is 0.0494. The summed E-state index contributed by atoms with van der Waals surface area (Å²) in [6.45, 7) is 0. The number of aromatic hydroxyl groups is 1. The molecule has 0 heterocycles. The Labute approximate surface area is 162 Å². The molecule has 0 aliphatic heterocycles. The molecule has 1 N–H and O–H groups in total. The summed E-state index contributed by atoms with van der Waals surface area (Å²) in [5.41, 5.74) is 0.618. The van der Waals surface area contributed by atoms with Gasteiger partial charge < -0.3 is 5.11 Å². The van der Waals surface area contributed by atoms with E-state index in [1.165, 1.54) is 66.7 Å². The molecule has 0 saturated carbocycles. The normalized spacial score (nSPS) is 11.5. The second-order valence-corrected chi connectivity index (χ2v) is 7.61. The van der Waals surface area contributed by atoms with E-state index in [-0.39, 0.29) is 16.3 Å². The fourth-order valence-corrected chi connectivity index (χ4v) is 3.89. The maximum atomic E-state index is 13.1. The van der Waals surface area contributed by atoms with Crippen LogP contribution in [0.3, 0.4) is 0 Å². The van der Waals surface area contributed by atoms with Gasteiger partial charge >= 0.3 is 0 Å². The van der Waals surface area contributed by atoms with Gasteiger partial charge in [-0.05, 0) is 60.2 Å². The van der Waals surface area contributed by atoms with Crippen LogP contribution in [0.2, 0.25) is 0 Å². The van der Waals surface area contributed by atoms with E-state index in [0.717, 1.165) is 6.08 Å². The van der Waals surface area contributed by atoms with E-state index in [2.05, 4.69) is 0 Å². The molecule has 0 saturated heterocycles. The van der Waals surface area contributed by atoms with Crippen molar-refractivity contribution in [1.29, 1.82) is 0 Å². The molecule has 0 aromatic heterocycles. The van der Waals surface area contributed by atoms with E-state index in [1.54, 1.807) is 18.2 Å². The molecule has 0 bridgehead atoms. The van der Waals surface area contributed by atoms with Gasteiger partial charge in [0, 0.05) is 6.08 Å². The largest absolute Gasteiger partial charge is 0.508 e. The number of sulfonamides is 1. The van der Waals surface area contributed by atoms with Crippen molar-refractivity contribution >= 4 is 27.7 Å². The number of benzene rings is 3. The third-order valence-electron chi connectivity index (χ3n) is 3.85. The molecule has 3 rings (SSSR count). The number of halogens is 1. The van der Waals surface area contributed by atoms with E-state index in [4.69, 9.17) is 0 Å². The van der Waals surface area contributed by atoms with Gasteiger partial charge in [0.25, 0.3) is 15.9 Å². The standard InChI is InChI=1S/C21H16FNO4S/c22-17-9-6-16(7-10-17)8-15-21(25)23(18-11-13-19(24)14-12-18)28(26,27)20-4-2-1-3-5-20/h1-15,24H. The summed E-state index contributed by atoms with van der Waals surface area (Å²) in [5, 5.41) is 9.47. The highest BCUT2D eigenvalue weighted by Crippen LogP contribution is 2.26. The Morgan fingerprint density at radius 1 is 0.893 bits per heavy atom. The fourth-order valence-electron chi connectivity index (χ4n) is 2.48. The van der Waals surface area contributed by atoms with Gasteiger partial charge in [0.15, 0.2) is 0 Å². The molecule has 5 nitrogen and oxygen atoms in total. The number of hydrogen-bond donors (Lipinski definition) is 1. The minimum Gasteiger partial charge on any atom is -0.508 e. The van der Waals surface area contributed by atoms with Gasteiger partial charge in [-0.3, -0.25) is 4.79 Å². The summed E-state index contributed by atoms with van der Waals surface area (Å²) in [5.74, 6) is -1.28. The van der Waals surface area contributed by atoms with Gasteiger partial charge in [-0.1, -0.05) is 30.3 Å². The highest BCUT2D eigenvalue weighted by Gasteiger charge is 2.29. The summed E-state index contributed by atoms with van der Waals surface area (Å²) in [4.78, 5) is 12.8. The zero-order chi connectivity index (χ0) is 20.1. The zero-order valence-electron chi connectivity index (χ0n) is 14.6. The van der Waals surface area contributed by atoms with Crippen molar-refractivity contribution < 1.29 is 22.7 Å². The number of carbonyl (C=O) groups excluding carboxylic acids is 1. The second kappa shape index (κ2) is 8.06. The Morgan fingerprint density at radius 2 is 1.50 bits per heavy atom. The van der Waals surface area contributed by atoms with E-state index >= 15 is 0 Å². The monoisotopic (exact) mass is 397 g/mol. The predicted octanol–water partition coefficient (Wildman–Crippen LogP) is 3.97. The summed E-state index contributed by atoms with van der Waals surface area (Å²) in [6, 6.07) is 18.2. The molecule has 0 radical (unpaired) electrons. The maximum absolute atomic E-state index is 13.1. The number of phenols is 1. The van der Waals surface area contributed by atoms with E-state index < -0.39 is 21.7 Å². The first kappa shape index (κ1) is 19.3. The van der Waals surface area contributed by atoms with Gasteiger partial charge in [-0.25, -0.2) is 12.8 Å². The van der Waals surface area contributed by atoms with Gasteiger partial charge in [0.2, 0.25) is 0 Å². The van der Waals surface area contributed by atoms with Crippen molar-refractivity contribution in [2.45, 2.75) is 4.90 Å². The summed E-state index contributed by atoms with van der Waals surface area (Å²) in [7, 11) is -4.19. The van der Waals surface area contributed by atoms with Crippen LogP contribution in [0.1, 0.15) is 5.56 Å². The lowest BCUT2D eigenvalue weighted by Crippen LogP contribution is -2.35. The van der Waals surface area contributed by atoms with Crippen molar-refractivity contribution in [2.24, 2.45) is 0 Å². The SMILES string of the molecule is O=C(C=Cc1ccc(F)cc1)N(c1ccc(O)cc1)S(=O)(=O)c1ccccc1. The number of hydrogen-bond acceptors (Lipinski definition) is 4. The first-order valence-corrected chi connectivity index (χ1v) is 9.69. The van der Waals surface area contributed by atoms with Crippen LogP contribution in [-0.4, -0.2) is 19.4 Å². The molecule has 0 aliphatic rings. The third kappa shape index (κ3) is 4.27. The molecule has 0 atom stereocenters. The number of rotatable bonds is 5. The van der Waals surface area contributed by atoms with Crippen LogP contribution in [0.5, 0.6) is 5.75 Å². The van der Waals surface area contributed by atoms with Gasteiger partial charge in [-0.15, -0.1) is 0 Å². The average molecular weight is 397 g/mol. The van der Waals surface area contributed by atoms with Crippen LogP contribution in [0.15, 0.2) is 89.8 Å². The van der Waals surface area contributed by atoms with Crippen molar-refractivity contribution in [3.05, 3.63) is 96.3 Å². The zero-order valence-corrected chi connectivity index (χ0v) is 15.4. The highest BCUT2D eigenvalue weighted by molar-refractivity contribution is 7.93. The van der Waals surface area contributed by atoms with Crippen molar-refractivity contribution in [2.75, 3.05) is 4.31 Å². The quantitative estimate of drug-likeness (QED) is 0.661. The van der Waals surface area contributed by atoms with Crippen LogP contribution in [0.4, 0.5) is 10.1 Å². The lowest BCUT2D eigenvalue weighted by molar-refractivity contribution is -0.113. The van der Waals surface area contributed by atoms with Crippen LogP contribution in [-0.2, 0) is 14.8 Å².